The van der Waals surface area contributed by atoms with Gasteiger partial charge in [0, 0.05) is 12.5 Å². The second kappa shape index (κ2) is 6.08. The summed E-state index contributed by atoms with van der Waals surface area (Å²) in [6.45, 7) is 2.00. The monoisotopic (exact) mass is 318 g/mol. The van der Waals surface area contributed by atoms with Crippen LogP contribution in [0.3, 0.4) is 0 Å². The van der Waals surface area contributed by atoms with E-state index in [-0.39, 0.29) is 6.61 Å². The Morgan fingerprint density at radius 1 is 1.00 bits per heavy atom. The Labute approximate surface area is 138 Å². The maximum Gasteiger partial charge on any atom is 0.223 e. The molecule has 2 aromatic carbocycles. The van der Waals surface area contributed by atoms with Crippen LogP contribution in [0.15, 0.2) is 59.3 Å². The molecule has 0 bridgehead atoms. The highest BCUT2D eigenvalue weighted by molar-refractivity contribution is 5.77. The molecular weight excluding hydrogens is 304 g/mol. The van der Waals surface area contributed by atoms with E-state index in [4.69, 9.17) is 9.26 Å². The van der Waals surface area contributed by atoms with Crippen LogP contribution < -0.4 is 4.74 Å². The lowest BCUT2D eigenvalue weighted by atomic mass is 10.1. The average molecular weight is 318 g/mol. The molecule has 118 valence electrons. The van der Waals surface area contributed by atoms with Crippen molar-refractivity contribution in [2.45, 2.75) is 13.5 Å². The first-order valence-electron chi connectivity index (χ1n) is 7.52. The van der Waals surface area contributed by atoms with E-state index in [0.29, 0.717) is 17.5 Å². The van der Waals surface area contributed by atoms with Gasteiger partial charge in [-0.15, -0.1) is 0 Å². The second-order valence-corrected chi connectivity index (χ2v) is 5.29. The number of ether oxygens (including phenoxy) is 1. The molecule has 0 spiro atoms. The number of benzene rings is 2. The molecule has 2 aromatic heterocycles. The van der Waals surface area contributed by atoms with Gasteiger partial charge in [0.2, 0.25) is 11.7 Å². The molecule has 0 saturated carbocycles. The largest absolute Gasteiger partial charge is 0.485 e. The van der Waals surface area contributed by atoms with Crippen LogP contribution in [0.4, 0.5) is 0 Å². The van der Waals surface area contributed by atoms with Crippen molar-refractivity contribution in [2.75, 3.05) is 0 Å². The first-order valence-corrected chi connectivity index (χ1v) is 7.52. The fraction of sp³-hybridized carbons (Fsp3) is 0.111. The summed E-state index contributed by atoms with van der Waals surface area (Å²) in [5, 5.41) is 3.81. The molecular formula is C18H14N4O2. The molecule has 0 saturated heterocycles. The third-order valence-corrected chi connectivity index (χ3v) is 3.52. The van der Waals surface area contributed by atoms with Crippen molar-refractivity contribution in [3.8, 4) is 17.0 Å². The van der Waals surface area contributed by atoms with Gasteiger partial charge >= 0.3 is 0 Å². The average Bonchev–Trinajstić information content (AvgIpc) is 3.05. The van der Waals surface area contributed by atoms with Crippen LogP contribution in [-0.2, 0) is 6.61 Å². The van der Waals surface area contributed by atoms with Crippen molar-refractivity contribution in [1.82, 2.24) is 20.1 Å². The Hall–Kier alpha value is -3.28. The van der Waals surface area contributed by atoms with Crippen molar-refractivity contribution in [3.63, 3.8) is 0 Å². The van der Waals surface area contributed by atoms with Crippen LogP contribution in [0.25, 0.3) is 22.3 Å². The summed E-state index contributed by atoms with van der Waals surface area (Å²) in [5.74, 6) is 1.75. The lowest BCUT2D eigenvalue weighted by Crippen LogP contribution is -1.98. The molecule has 6 nitrogen and oxygen atoms in total. The predicted molar refractivity (Wildman–Crippen MR) is 88.3 cm³/mol. The lowest BCUT2D eigenvalue weighted by Gasteiger charge is -2.06. The van der Waals surface area contributed by atoms with E-state index >= 15 is 0 Å². The minimum atomic E-state index is 0.254. The van der Waals surface area contributed by atoms with Gasteiger partial charge < -0.3 is 9.26 Å². The molecule has 0 radical (unpaired) electrons. The number of aromatic nitrogens is 4. The van der Waals surface area contributed by atoms with Crippen LogP contribution >= 0.6 is 0 Å². The topological polar surface area (TPSA) is 73.9 Å². The van der Waals surface area contributed by atoms with E-state index in [1.165, 1.54) is 0 Å². The van der Waals surface area contributed by atoms with Crippen molar-refractivity contribution in [2.24, 2.45) is 0 Å². The lowest BCUT2D eigenvalue weighted by molar-refractivity contribution is 0.286. The predicted octanol–water partition coefficient (Wildman–Crippen LogP) is 3.57. The maximum atomic E-state index is 5.72. The quantitative estimate of drug-likeness (QED) is 0.573. The maximum absolute atomic E-state index is 5.72. The summed E-state index contributed by atoms with van der Waals surface area (Å²) in [6.07, 6.45) is 1.77. The van der Waals surface area contributed by atoms with Gasteiger partial charge in [0.1, 0.15) is 5.75 Å². The molecule has 2 heterocycles. The zero-order valence-corrected chi connectivity index (χ0v) is 13.0. The third kappa shape index (κ3) is 2.94. The Balaban J connectivity index is 1.58. The van der Waals surface area contributed by atoms with Crippen molar-refractivity contribution < 1.29 is 9.26 Å². The Morgan fingerprint density at radius 2 is 1.88 bits per heavy atom. The molecule has 0 unspecified atom stereocenters. The molecule has 0 aliphatic carbocycles. The van der Waals surface area contributed by atoms with Gasteiger partial charge in [-0.2, -0.15) is 4.98 Å². The minimum absolute atomic E-state index is 0.254. The number of fused-ring (bicyclic) bond motifs is 1. The third-order valence-electron chi connectivity index (χ3n) is 3.52. The molecule has 0 atom stereocenters. The fourth-order valence-electron chi connectivity index (χ4n) is 2.39. The van der Waals surface area contributed by atoms with Crippen LogP contribution in [0, 0.1) is 6.92 Å². The second-order valence-electron chi connectivity index (χ2n) is 5.29. The normalized spacial score (nSPS) is 10.9. The van der Waals surface area contributed by atoms with Gasteiger partial charge in [-0.1, -0.05) is 29.4 Å². The molecule has 6 heteroatoms. The van der Waals surface area contributed by atoms with E-state index in [0.717, 1.165) is 22.3 Å². The molecule has 4 rings (SSSR count). The summed E-state index contributed by atoms with van der Waals surface area (Å²) in [6, 6.07) is 15.5. The summed E-state index contributed by atoms with van der Waals surface area (Å²) in [5.41, 5.74) is 3.48. The van der Waals surface area contributed by atoms with Crippen molar-refractivity contribution in [3.05, 3.63) is 66.4 Å². The number of hydrogen-bond donors (Lipinski definition) is 0. The summed E-state index contributed by atoms with van der Waals surface area (Å²) in [4.78, 5) is 13.2. The zero-order chi connectivity index (χ0) is 16.4. The smallest absolute Gasteiger partial charge is 0.223 e. The highest BCUT2D eigenvalue weighted by atomic mass is 16.5. The van der Waals surface area contributed by atoms with E-state index < -0.39 is 0 Å². The number of para-hydroxylation sites is 2. The molecule has 0 fully saturated rings. The molecule has 0 amide bonds. The van der Waals surface area contributed by atoms with Crippen molar-refractivity contribution in [1.29, 1.82) is 0 Å². The number of rotatable bonds is 4. The molecule has 4 aromatic rings. The van der Waals surface area contributed by atoms with Gasteiger partial charge in [0.15, 0.2) is 6.61 Å². The summed E-state index contributed by atoms with van der Waals surface area (Å²) in [7, 11) is 0. The SMILES string of the molecule is Cc1nc(COc2cccc(-c3cnc4ccccc4n3)c2)no1. The standard InChI is InChI=1S/C18H14N4O2/c1-12-20-18(22-24-12)11-23-14-6-4-5-13(9-14)17-10-19-15-7-2-3-8-16(15)21-17/h2-10H,11H2,1H3. The zero-order valence-electron chi connectivity index (χ0n) is 13.0. The van der Waals surface area contributed by atoms with E-state index in [9.17, 15) is 0 Å². The first kappa shape index (κ1) is 14.3. The van der Waals surface area contributed by atoms with Crippen LogP contribution in [0.1, 0.15) is 11.7 Å². The Morgan fingerprint density at radius 3 is 2.71 bits per heavy atom. The minimum Gasteiger partial charge on any atom is -0.485 e. The number of aryl methyl sites for hydroxylation is 1. The van der Waals surface area contributed by atoms with Crippen LogP contribution in [0.5, 0.6) is 5.75 Å². The van der Waals surface area contributed by atoms with Gasteiger partial charge in [0.25, 0.3) is 0 Å². The first-order chi connectivity index (χ1) is 11.8. The van der Waals surface area contributed by atoms with Crippen LogP contribution in [0.2, 0.25) is 0 Å². The Kier molecular flexibility index (Phi) is 3.63. The van der Waals surface area contributed by atoms with E-state index in [1.54, 1.807) is 13.1 Å². The van der Waals surface area contributed by atoms with Gasteiger partial charge in [0.05, 0.1) is 22.9 Å². The van der Waals surface area contributed by atoms with Crippen molar-refractivity contribution >= 4 is 11.0 Å². The van der Waals surface area contributed by atoms with Gasteiger partial charge in [-0.3, -0.25) is 4.98 Å². The summed E-state index contributed by atoms with van der Waals surface area (Å²) < 4.78 is 10.6. The van der Waals surface area contributed by atoms with Gasteiger partial charge in [-0.05, 0) is 24.3 Å². The molecule has 0 N–H and O–H groups in total. The highest BCUT2D eigenvalue weighted by Gasteiger charge is 2.06. The van der Waals surface area contributed by atoms with Crippen LogP contribution in [-0.4, -0.2) is 20.1 Å². The highest BCUT2D eigenvalue weighted by Crippen LogP contribution is 2.23. The molecule has 0 aliphatic heterocycles. The van der Waals surface area contributed by atoms with E-state index in [1.807, 2.05) is 48.5 Å². The summed E-state index contributed by atoms with van der Waals surface area (Å²) >= 11 is 0. The number of nitrogens with zero attached hydrogens (tertiary/aromatic N) is 4. The van der Waals surface area contributed by atoms with Gasteiger partial charge in [-0.25, -0.2) is 4.98 Å². The molecule has 24 heavy (non-hydrogen) atoms. The Bertz CT molecular complexity index is 997. The fourth-order valence-corrected chi connectivity index (χ4v) is 2.39. The molecule has 0 aliphatic rings. The van der Waals surface area contributed by atoms with E-state index in [2.05, 4.69) is 20.1 Å². The number of hydrogen-bond acceptors (Lipinski definition) is 6.